The van der Waals surface area contributed by atoms with Crippen molar-refractivity contribution in [3.8, 4) is 0 Å². The molecule has 0 bridgehead atoms. The van der Waals surface area contributed by atoms with Gasteiger partial charge in [-0.1, -0.05) is 25.1 Å². The fraction of sp³-hybridized carbons (Fsp3) is 0.667. The Labute approximate surface area is 97.4 Å². The Kier molecular flexibility index (Phi) is 5.10. The summed E-state index contributed by atoms with van der Waals surface area (Å²) >= 11 is 1.18. The van der Waals surface area contributed by atoms with Crippen LogP contribution in [0.3, 0.4) is 0 Å². The van der Waals surface area contributed by atoms with Gasteiger partial charge in [0, 0.05) is 7.05 Å². The van der Waals surface area contributed by atoms with Crippen molar-refractivity contribution >= 4 is 17.7 Å². The number of ether oxygens (including phenoxy) is 1. The molecule has 1 rings (SSSR count). The minimum Gasteiger partial charge on any atom is -0.465 e. The van der Waals surface area contributed by atoms with Crippen molar-refractivity contribution in [2.45, 2.75) is 24.9 Å². The van der Waals surface area contributed by atoms with E-state index in [0.29, 0.717) is 11.8 Å². The minimum absolute atomic E-state index is 0.168. The van der Waals surface area contributed by atoms with Gasteiger partial charge in [0.15, 0.2) is 5.16 Å². The summed E-state index contributed by atoms with van der Waals surface area (Å²) in [5.41, 5.74) is -0.290. The van der Waals surface area contributed by atoms with Crippen LogP contribution in [0.4, 0.5) is 0 Å². The maximum Gasteiger partial charge on any atom is 0.343 e. The zero-order valence-electron chi connectivity index (χ0n) is 9.36. The van der Waals surface area contributed by atoms with Crippen LogP contribution in [0.25, 0.3) is 0 Å². The number of nitrogens with one attached hydrogen (secondary N) is 1. The SMILES string of the molecule is CCCCOC(=O)CSc1n[nH]c(=O)n1C. The van der Waals surface area contributed by atoms with E-state index >= 15 is 0 Å². The molecule has 1 aromatic heterocycles. The number of hydrogen-bond acceptors (Lipinski definition) is 5. The lowest BCUT2D eigenvalue weighted by atomic mass is 10.4. The minimum atomic E-state index is -0.290. The number of carbonyl (C=O) groups excluding carboxylic acids is 1. The predicted octanol–water partition coefficient (Wildman–Crippen LogP) is 0.544. The number of rotatable bonds is 6. The summed E-state index contributed by atoms with van der Waals surface area (Å²) < 4.78 is 6.32. The van der Waals surface area contributed by atoms with Gasteiger partial charge in [0.05, 0.1) is 12.4 Å². The summed E-state index contributed by atoms with van der Waals surface area (Å²) in [5.74, 6) is -0.115. The van der Waals surface area contributed by atoms with E-state index in [0.717, 1.165) is 12.8 Å². The molecular formula is C9H15N3O3S. The third-order valence-corrected chi connectivity index (χ3v) is 2.92. The molecule has 0 aliphatic rings. The first-order chi connectivity index (χ1) is 7.65. The molecule has 0 aliphatic carbocycles. The van der Waals surface area contributed by atoms with Crippen LogP contribution in [-0.2, 0) is 16.6 Å². The average Bonchev–Trinajstić information content (AvgIpc) is 2.58. The largest absolute Gasteiger partial charge is 0.465 e. The molecule has 7 heteroatoms. The average molecular weight is 245 g/mol. The lowest BCUT2D eigenvalue weighted by Gasteiger charge is -2.02. The molecule has 1 N–H and O–H groups in total. The smallest absolute Gasteiger partial charge is 0.343 e. The number of hydrogen-bond donors (Lipinski definition) is 1. The van der Waals surface area contributed by atoms with Crippen molar-refractivity contribution in [3.63, 3.8) is 0 Å². The molecule has 0 atom stereocenters. The highest BCUT2D eigenvalue weighted by Crippen LogP contribution is 2.11. The lowest BCUT2D eigenvalue weighted by molar-refractivity contribution is -0.140. The Balaban J connectivity index is 2.32. The molecule has 0 saturated heterocycles. The monoisotopic (exact) mass is 245 g/mol. The van der Waals surface area contributed by atoms with Crippen LogP contribution in [0.1, 0.15) is 19.8 Å². The molecule has 0 unspecified atom stereocenters. The van der Waals surface area contributed by atoms with Gasteiger partial charge in [-0.05, 0) is 6.42 Å². The predicted molar refractivity (Wildman–Crippen MR) is 60.4 cm³/mol. The molecule has 0 radical (unpaired) electrons. The van der Waals surface area contributed by atoms with Gasteiger partial charge in [-0.25, -0.2) is 9.89 Å². The number of aromatic amines is 1. The van der Waals surface area contributed by atoms with E-state index in [1.807, 2.05) is 6.92 Å². The maximum absolute atomic E-state index is 11.2. The zero-order valence-corrected chi connectivity index (χ0v) is 10.2. The third-order valence-electron chi connectivity index (χ3n) is 1.92. The van der Waals surface area contributed by atoms with Gasteiger partial charge < -0.3 is 4.74 Å². The fourth-order valence-corrected chi connectivity index (χ4v) is 1.67. The van der Waals surface area contributed by atoms with E-state index in [-0.39, 0.29) is 17.4 Å². The number of esters is 1. The fourth-order valence-electron chi connectivity index (χ4n) is 0.957. The van der Waals surface area contributed by atoms with Gasteiger partial charge in [-0.2, -0.15) is 0 Å². The summed E-state index contributed by atoms with van der Waals surface area (Å²) in [7, 11) is 1.59. The van der Waals surface area contributed by atoms with E-state index in [9.17, 15) is 9.59 Å². The van der Waals surface area contributed by atoms with Crippen LogP contribution >= 0.6 is 11.8 Å². The van der Waals surface area contributed by atoms with Crippen LogP contribution in [0, 0.1) is 0 Å². The van der Waals surface area contributed by atoms with Gasteiger partial charge in [0.2, 0.25) is 0 Å². The topological polar surface area (TPSA) is 77.0 Å². The Bertz CT molecular complexity index is 399. The first-order valence-electron chi connectivity index (χ1n) is 5.05. The Morgan fingerprint density at radius 1 is 1.62 bits per heavy atom. The molecule has 0 saturated carbocycles. The Hall–Kier alpha value is -1.24. The zero-order chi connectivity index (χ0) is 12.0. The third kappa shape index (κ3) is 3.73. The van der Waals surface area contributed by atoms with Gasteiger partial charge in [0.1, 0.15) is 0 Å². The highest BCUT2D eigenvalue weighted by molar-refractivity contribution is 7.99. The summed E-state index contributed by atoms with van der Waals surface area (Å²) in [6, 6.07) is 0. The van der Waals surface area contributed by atoms with Crippen molar-refractivity contribution in [1.29, 1.82) is 0 Å². The lowest BCUT2D eigenvalue weighted by Crippen LogP contribution is -2.14. The first kappa shape index (κ1) is 12.8. The quantitative estimate of drug-likeness (QED) is 0.450. The van der Waals surface area contributed by atoms with Crippen LogP contribution in [-0.4, -0.2) is 33.1 Å². The molecule has 0 aromatic carbocycles. The van der Waals surface area contributed by atoms with Crippen molar-refractivity contribution < 1.29 is 9.53 Å². The Morgan fingerprint density at radius 2 is 2.38 bits per heavy atom. The Morgan fingerprint density at radius 3 is 2.94 bits per heavy atom. The summed E-state index contributed by atoms with van der Waals surface area (Å²) in [5, 5.41) is 6.55. The van der Waals surface area contributed by atoms with Crippen molar-refractivity contribution in [3.05, 3.63) is 10.5 Å². The molecule has 1 heterocycles. The van der Waals surface area contributed by atoms with E-state index in [1.54, 1.807) is 7.05 Å². The van der Waals surface area contributed by atoms with E-state index in [4.69, 9.17) is 4.74 Å². The molecule has 6 nitrogen and oxygen atoms in total. The molecule has 0 aliphatic heterocycles. The highest BCUT2D eigenvalue weighted by atomic mass is 32.2. The molecule has 90 valence electrons. The van der Waals surface area contributed by atoms with Gasteiger partial charge in [-0.3, -0.25) is 9.36 Å². The van der Waals surface area contributed by atoms with Crippen molar-refractivity contribution in [2.75, 3.05) is 12.4 Å². The molecule has 1 aromatic rings. The van der Waals surface area contributed by atoms with Gasteiger partial charge in [0.25, 0.3) is 0 Å². The second-order valence-corrected chi connectivity index (χ2v) is 4.18. The number of aromatic nitrogens is 3. The molecule has 0 amide bonds. The molecule has 16 heavy (non-hydrogen) atoms. The first-order valence-corrected chi connectivity index (χ1v) is 6.03. The number of carbonyl (C=O) groups is 1. The number of H-pyrrole nitrogens is 1. The molecule has 0 spiro atoms. The van der Waals surface area contributed by atoms with Crippen LogP contribution in [0.15, 0.2) is 9.95 Å². The summed E-state index contributed by atoms with van der Waals surface area (Å²) in [4.78, 5) is 22.3. The summed E-state index contributed by atoms with van der Waals surface area (Å²) in [6.07, 6.45) is 1.87. The van der Waals surface area contributed by atoms with Gasteiger partial charge >= 0.3 is 11.7 Å². The van der Waals surface area contributed by atoms with E-state index in [2.05, 4.69) is 10.2 Å². The highest BCUT2D eigenvalue weighted by Gasteiger charge is 2.08. The standard InChI is InChI=1S/C9H15N3O3S/c1-3-4-5-15-7(13)6-16-9-11-10-8(14)12(9)2/h3-6H2,1-2H3,(H,10,14). The van der Waals surface area contributed by atoms with Crippen molar-refractivity contribution in [2.24, 2.45) is 7.05 Å². The molecular weight excluding hydrogens is 230 g/mol. The van der Waals surface area contributed by atoms with E-state index in [1.165, 1.54) is 16.3 Å². The second-order valence-electron chi connectivity index (χ2n) is 3.23. The number of thioether (sulfide) groups is 1. The van der Waals surface area contributed by atoms with Crippen molar-refractivity contribution in [1.82, 2.24) is 14.8 Å². The second kappa shape index (κ2) is 6.37. The van der Waals surface area contributed by atoms with Crippen LogP contribution in [0.2, 0.25) is 0 Å². The number of nitrogens with zero attached hydrogens (tertiary/aromatic N) is 2. The number of unbranched alkanes of at least 4 members (excludes halogenated alkanes) is 1. The molecule has 0 fully saturated rings. The van der Waals surface area contributed by atoms with E-state index < -0.39 is 0 Å². The van der Waals surface area contributed by atoms with Crippen LogP contribution in [0.5, 0.6) is 0 Å². The maximum atomic E-state index is 11.2. The normalized spacial score (nSPS) is 10.4. The van der Waals surface area contributed by atoms with Gasteiger partial charge in [-0.15, -0.1) is 5.10 Å². The summed E-state index contributed by atoms with van der Waals surface area (Å²) in [6.45, 7) is 2.48. The van der Waals surface area contributed by atoms with Crippen LogP contribution < -0.4 is 5.69 Å².